The van der Waals surface area contributed by atoms with E-state index < -0.39 is 11.5 Å². The zero-order valence-corrected chi connectivity index (χ0v) is 18.4. The summed E-state index contributed by atoms with van der Waals surface area (Å²) in [5, 5.41) is 20.3. The van der Waals surface area contributed by atoms with Gasteiger partial charge < -0.3 is 10.2 Å². The van der Waals surface area contributed by atoms with Gasteiger partial charge in [-0.1, -0.05) is 68.9 Å². The number of ketones is 1. The van der Waals surface area contributed by atoms with Gasteiger partial charge in [-0.3, -0.25) is 9.59 Å². The van der Waals surface area contributed by atoms with Crippen molar-refractivity contribution in [2.75, 3.05) is 0 Å². The van der Waals surface area contributed by atoms with Crippen molar-refractivity contribution < 1.29 is 19.8 Å². The van der Waals surface area contributed by atoms with Crippen LogP contribution in [0, 0.1) is 10.8 Å². The summed E-state index contributed by atoms with van der Waals surface area (Å²) in [6.07, 6.45) is 15.3. The molecule has 4 nitrogen and oxygen atoms in total. The molecule has 0 bridgehead atoms. The van der Waals surface area contributed by atoms with Crippen LogP contribution in [-0.2, 0) is 9.59 Å². The fourth-order valence-electron chi connectivity index (χ4n) is 3.40. The van der Waals surface area contributed by atoms with Crippen LogP contribution in [0.5, 0.6) is 0 Å². The molecule has 29 heavy (non-hydrogen) atoms. The van der Waals surface area contributed by atoms with E-state index in [-0.39, 0.29) is 17.0 Å². The lowest BCUT2D eigenvalue weighted by atomic mass is 9.66. The number of rotatable bonds is 8. The van der Waals surface area contributed by atoms with Gasteiger partial charge >= 0.3 is 0 Å². The highest BCUT2D eigenvalue weighted by molar-refractivity contribution is 5.96. The molecule has 0 aliphatic heterocycles. The molecule has 1 aliphatic carbocycles. The second-order valence-corrected chi connectivity index (χ2v) is 8.70. The maximum Gasteiger partial charge on any atom is 0.165 e. The highest BCUT2D eigenvalue weighted by Gasteiger charge is 2.53. The van der Waals surface area contributed by atoms with Gasteiger partial charge in [-0.25, -0.2) is 0 Å². The highest BCUT2D eigenvalue weighted by atomic mass is 16.3. The molecule has 0 unspecified atom stereocenters. The van der Waals surface area contributed by atoms with Crippen LogP contribution in [0.25, 0.3) is 0 Å². The zero-order valence-electron chi connectivity index (χ0n) is 18.4. The Labute approximate surface area is 174 Å². The first-order valence-electron chi connectivity index (χ1n) is 9.88. The Morgan fingerprint density at radius 3 is 2.03 bits per heavy atom. The first-order chi connectivity index (χ1) is 13.4. The monoisotopic (exact) mass is 398 g/mol. The summed E-state index contributed by atoms with van der Waals surface area (Å²) in [6.45, 7) is 11.2. The van der Waals surface area contributed by atoms with E-state index in [4.69, 9.17) is 0 Å². The van der Waals surface area contributed by atoms with Gasteiger partial charge in [0, 0.05) is 11.5 Å². The van der Waals surface area contributed by atoms with Crippen LogP contribution in [0.3, 0.4) is 0 Å². The number of carbonyl (C=O) groups is 2. The van der Waals surface area contributed by atoms with Crippen molar-refractivity contribution in [3.8, 4) is 0 Å². The Morgan fingerprint density at radius 2 is 1.52 bits per heavy atom. The highest BCUT2D eigenvalue weighted by Crippen LogP contribution is 2.53. The second kappa shape index (κ2) is 10.4. The third-order valence-corrected chi connectivity index (χ3v) is 5.82. The number of carbonyl (C=O) groups excluding carboxylic acids is 2. The molecule has 2 atom stereocenters. The number of hydrogen-bond acceptors (Lipinski definition) is 4. The molecule has 158 valence electrons. The van der Waals surface area contributed by atoms with Crippen molar-refractivity contribution in [3.05, 3.63) is 71.1 Å². The van der Waals surface area contributed by atoms with Crippen molar-refractivity contribution >= 4 is 12.1 Å². The van der Waals surface area contributed by atoms with E-state index in [0.29, 0.717) is 24.0 Å². The molecule has 0 amide bonds. The molecule has 0 aromatic carbocycles. The summed E-state index contributed by atoms with van der Waals surface area (Å²) in [5.41, 5.74) is 1.21. The quantitative estimate of drug-likeness (QED) is 0.251. The van der Waals surface area contributed by atoms with E-state index >= 15 is 0 Å². The van der Waals surface area contributed by atoms with Crippen LogP contribution in [0.15, 0.2) is 71.1 Å². The first kappa shape index (κ1) is 24.6. The van der Waals surface area contributed by atoms with E-state index in [1.807, 2.05) is 45.9 Å². The molecule has 0 aromatic rings. The predicted octanol–water partition coefficient (Wildman–Crippen LogP) is 5.33. The zero-order chi connectivity index (χ0) is 22.2. The summed E-state index contributed by atoms with van der Waals surface area (Å²) in [7, 11) is 0. The first-order valence-corrected chi connectivity index (χ1v) is 9.88. The minimum atomic E-state index is -0.696. The van der Waals surface area contributed by atoms with E-state index in [1.54, 1.807) is 38.2 Å². The largest absolute Gasteiger partial charge is 0.508 e. The number of hydrogen-bond donors (Lipinski definition) is 2. The summed E-state index contributed by atoms with van der Waals surface area (Å²) >= 11 is 0. The molecule has 2 N–H and O–H groups in total. The van der Waals surface area contributed by atoms with Gasteiger partial charge in [-0.05, 0) is 50.2 Å². The third-order valence-electron chi connectivity index (χ3n) is 5.82. The lowest BCUT2D eigenvalue weighted by Crippen LogP contribution is -2.36. The molecule has 0 heterocycles. The molecule has 4 heteroatoms. The smallest absolute Gasteiger partial charge is 0.165 e. The van der Waals surface area contributed by atoms with Crippen molar-refractivity contribution in [1.29, 1.82) is 0 Å². The fourth-order valence-corrected chi connectivity index (χ4v) is 3.40. The predicted molar refractivity (Wildman–Crippen MR) is 118 cm³/mol. The summed E-state index contributed by atoms with van der Waals surface area (Å²) in [5.74, 6) is -0.220. The van der Waals surface area contributed by atoms with Crippen LogP contribution in [-0.4, -0.2) is 28.4 Å². The molecule has 1 rings (SSSR count). The molecule has 0 spiro atoms. The van der Waals surface area contributed by atoms with Crippen LogP contribution in [0.2, 0.25) is 0 Å². The standard InChI is InChI=1S/C25H34O4/c1-18(10-7-8-11-19(2)17-26)12-9-13-20(3)22(28)14-23(29)25(6)16-21(27)15-24(25,4)5/h7-14,17,21,27-28H,15-16H2,1-6H3/b8-7+,12-9+,18-10+,19-11+,20-13+,22-14+/t21-,25-/m0/s1. The molecular weight excluding hydrogens is 364 g/mol. The summed E-state index contributed by atoms with van der Waals surface area (Å²) in [6, 6.07) is 0. The van der Waals surface area contributed by atoms with Crippen LogP contribution in [0.4, 0.5) is 0 Å². The summed E-state index contributed by atoms with van der Waals surface area (Å²) in [4.78, 5) is 23.3. The van der Waals surface area contributed by atoms with Gasteiger partial charge in [0.1, 0.15) is 12.0 Å². The number of allylic oxidation sites excluding steroid dienone is 11. The van der Waals surface area contributed by atoms with E-state index in [0.717, 1.165) is 11.9 Å². The Morgan fingerprint density at radius 1 is 0.931 bits per heavy atom. The van der Waals surface area contributed by atoms with Gasteiger partial charge in [-0.15, -0.1) is 0 Å². The molecular formula is C25H34O4. The fraction of sp³-hybridized carbons (Fsp3) is 0.440. The molecule has 0 radical (unpaired) electrons. The molecule has 0 saturated heterocycles. The Hall–Kier alpha value is -2.46. The molecule has 1 aliphatic rings. The Kier molecular flexibility index (Phi) is 8.78. The van der Waals surface area contributed by atoms with Gasteiger partial charge in [0.15, 0.2) is 5.78 Å². The Bertz CT molecular complexity index is 803. The van der Waals surface area contributed by atoms with Crippen LogP contribution >= 0.6 is 0 Å². The number of aliphatic hydroxyl groups is 2. The lowest BCUT2D eigenvalue weighted by molar-refractivity contribution is -0.127. The van der Waals surface area contributed by atoms with Crippen molar-refractivity contribution in [3.63, 3.8) is 0 Å². The van der Waals surface area contributed by atoms with E-state index in [1.165, 1.54) is 6.08 Å². The van der Waals surface area contributed by atoms with Crippen molar-refractivity contribution in [1.82, 2.24) is 0 Å². The van der Waals surface area contributed by atoms with Crippen LogP contribution < -0.4 is 0 Å². The minimum Gasteiger partial charge on any atom is -0.508 e. The van der Waals surface area contributed by atoms with Gasteiger partial charge in [0.25, 0.3) is 0 Å². The van der Waals surface area contributed by atoms with Gasteiger partial charge in [0.2, 0.25) is 0 Å². The second-order valence-electron chi connectivity index (χ2n) is 8.70. The Balaban J connectivity index is 2.83. The van der Waals surface area contributed by atoms with Gasteiger partial charge in [0.05, 0.1) is 6.10 Å². The van der Waals surface area contributed by atoms with Crippen LogP contribution in [0.1, 0.15) is 54.4 Å². The molecule has 0 aromatic heterocycles. The molecule has 1 saturated carbocycles. The van der Waals surface area contributed by atoms with Gasteiger partial charge in [-0.2, -0.15) is 0 Å². The molecule has 1 fully saturated rings. The number of aldehydes is 1. The van der Waals surface area contributed by atoms with Crippen molar-refractivity contribution in [2.45, 2.75) is 60.5 Å². The van der Waals surface area contributed by atoms with E-state index in [9.17, 15) is 19.8 Å². The van der Waals surface area contributed by atoms with Crippen molar-refractivity contribution in [2.24, 2.45) is 10.8 Å². The maximum atomic E-state index is 12.8. The third kappa shape index (κ3) is 6.82. The normalized spacial score (nSPS) is 26.5. The average molecular weight is 399 g/mol. The SMILES string of the molecule is C\C(C=O)=C/C=C/C=C(C)/C=C/C=C(C)/C(O)=C\C(=O)[C@]1(C)C[C@@H](O)CC1(C)C. The maximum absolute atomic E-state index is 12.8. The topological polar surface area (TPSA) is 74.6 Å². The average Bonchev–Trinajstić information content (AvgIpc) is 2.85. The summed E-state index contributed by atoms with van der Waals surface area (Å²) < 4.78 is 0. The number of aliphatic hydroxyl groups excluding tert-OH is 2. The minimum absolute atomic E-state index is 0.0610. The lowest BCUT2D eigenvalue weighted by Gasteiger charge is -2.35. The van der Waals surface area contributed by atoms with E-state index in [2.05, 4.69) is 0 Å².